The fourth-order valence-corrected chi connectivity index (χ4v) is 3.29. The Kier molecular flexibility index (Phi) is 5.56. The number of rotatable bonds is 5. The molecule has 2 aromatic rings. The maximum absolute atomic E-state index is 12.3. The minimum Gasteiger partial charge on any atom is -0.463 e. The average molecular weight is 350 g/mol. The van der Waals surface area contributed by atoms with Crippen LogP contribution < -0.4 is 15.1 Å². The summed E-state index contributed by atoms with van der Waals surface area (Å²) in [6, 6.07) is 9.50. The largest absolute Gasteiger partial charge is 0.463 e. The van der Waals surface area contributed by atoms with Crippen LogP contribution in [-0.4, -0.2) is 38.6 Å². The molecule has 0 spiro atoms. The Bertz CT molecular complexity index is 680. The van der Waals surface area contributed by atoms with Gasteiger partial charge in [-0.3, -0.25) is 4.79 Å². The first-order valence-electron chi connectivity index (χ1n) is 8.35. The van der Waals surface area contributed by atoms with Gasteiger partial charge in [0.2, 0.25) is 0 Å². The molecule has 2 heterocycles. The third kappa shape index (κ3) is 4.60. The van der Waals surface area contributed by atoms with Crippen molar-refractivity contribution in [3.05, 3.63) is 52.9 Å². The third-order valence-electron chi connectivity index (χ3n) is 4.55. The van der Waals surface area contributed by atoms with Crippen molar-refractivity contribution in [3.8, 4) is 0 Å². The van der Waals surface area contributed by atoms with Crippen LogP contribution in [0.25, 0.3) is 0 Å². The van der Waals surface area contributed by atoms with Gasteiger partial charge in [0.1, 0.15) is 32.7 Å². The molecule has 1 aromatic heterocycles. The first-order valence-corrected chi connectivity index (χ1v) is 8.73. The molecular formula is C18H24ClN3O2+2. The van der Waals surface area contributed by atoms with Crippen molar-refractivity contribution < 1.29 is 19.0 Å². The van der Waals surface area contributed by atoms with Crippen LogP contribution in [0, 0.1) is 6.92 Å². The van der Waals surface area contributed by atoms with Gasteiger partial charge >= 0.3 is 0 Å². The van der Waals surface area contributed by atoms with Gasteiger partial charge in [-0.25, -0.2) is 0 Å². The lowest BCUT2D eigenvalue weighted by Gasteiger charge is -2.28. The summed E-state index contributed by atoms with van der Waals surface area (Å²) < 4.78 is 5.41. The number of aryl methyl sites for hydroxylation is 1. The molecule has 0 atom stereocenters. The Morgan fingerprint density at radius 3 is 2.67 bits per heavy atom. The number of amides is 1. The van der Waals surface area contributed by atoms with Crippen LogP contribution in [0.2, 0.25) is 5.02 Å². The number of carbonyl (C=O) groups excluding carboxylic acids is 1. The molecule has 1 aliphatic rings. The maximum atomic E-state index is 12.3. The van der Waals surface area contributed by atoms with E-state index >= 15 is 0 Å². The smallest absolute Gasteiger partial charge is 0.279 e. The van der Waals surface area contributed by atoms with Gasteiger partial charge in [0.25, 0.3) is 5.91 Å². The van der Waals surface area contributed by atoms with E-state index in [4.69, 9.17) is 16.0 Å². The zero-order chi connectivity index (χ0) is 16.9. The van der Waals surface area contributed by atoms with Gasteiger partial charge in [-0.05, 0) is 36.8 Å². The molecule has 1 fully saturated rings. The molecule has 0 bridgehead atoms. The number of quaternary nitrogens is 2. The van der Waals surface area contributed by atoms with E-state index in [0.29, 0.717) is 11.6 Å². The number of nitrogens with one attached hydrogen (secondary N) is 3. The summed E-state index contributed by atoms with van der Waals surface area (Å²) in [5.41, 5.74) is 1.82. The molecule has 3 rings (SSSR count). The Hall–Kier alpha value is -1.82. The van der Waals surface area contributed by atoms with Crippen molar-refractivity contribution in [1.29, 1.82) is 0 Å². The SMILES string of the molecule is Cc1ccc(Cl)cc1NC(=O)C[NH+]1CC[NH+](Cc2ccco2)CC1. The van der Waals surface area contributed by atoms with Gasteiger partial charge < -0.3 is 19.5 Å². The quantitative estimate of drug-likeness (QED) is 0.720. The Labute approximate surface area is 147 Å². The number of benzene rings is 1. The highest BCUT2D eigenvalue weighted by molar-refractivity contribution is 6.31. The Morgan fingerprint density at radius 2 is 1.96 bits per heavy atom. The number of furan rings is 1. The molecule has 0 unspecified atom stereocenters. The Balaban J connectivity index is 1.45. The van der Waals surface area contributed by atoms with Crippen LogP contribution in [0.15, 0.2) is 41.0 Å². The number of piperazine rings is 1. The molecule has 1 amide bonds. The molecule has 1 aliphatic heterocycles. The number of halogens is 1. The van der Waals surface area contributed by atoms with Gasteiger partial charge in [0, 0.05) is 10.7 Å². The minimum absolute atomic E-state index is 0.0462. The van der Waals surface area contributed by atoms with Gasteiger partial charge in [0.05, 0.1) is 6.26 Å². The number of hydrogen-bond donors (Lipinski definition) is 3. The third-order valence-corrected chi connectivity index (χ3v) is 4.79. The highest BCUT2D eigenvalue weighted by Gasteiger charge is 2.25. The highest BCUT2D eigenvalue weighted by Crippen LogP contribution is 2.19. The van der Waals surface area contributed by atoms with E-state index in [-0.39, 0.29) is 5.91 Å². The van der Waals surface area contributed by atoms with Crippen LogP contribution in [0.4, 0.5) is 5.69 Å². The molecule has 0 saturated carbocycles. The van der Waals surface area contributed by atoms with Crippen molar-refractivity contribution in [1.82, 2.24) is 0 Å². The van der Waals surface area contributed by atoms with E-state index in [9.17, 15) is 4.79 Å². The van der Waals surface area contributed by atoms with Crippen LogP contribution in [0.5, 0.6) is 0 Å². The molecule has 0 aliphatic carbocycles. The summed E-state index contributed by atoms with van der Waals surface area (Å²) in [7, 11) is 0. The van der Waals surface area contributed by atoms with Crippen LogP contribution in [-0.2, 0) is 11.3 Å². The summed E-state index contributed by atoms with van der Waals surface area (Å²) in [6.07, 6.45) is 1.72. The predicted octanol–water partition coefficient (Wildman–Crippen LogP) is 0.164. The lowest BCUT2D eigenvalue weighted by Crippen LogP contribution is -3.28. The summed E-state index contributed by atoms with van der Waals surface area (Å²) in [5, 5.41) is 3.62. The maximum Gasteiger partial charge on any atom is 0.279 e. The molecule has 0 radical (unpaired) electrons. The fourth-order valence-electron chi connectivity index (χ4n) is 3.12. The normalized spacial score (nSPS) is 20.8. The standard InChI is InChI=1S/C18H22ClN3O2/c1-14-4-5-15(19)11-17(14)20-18(23)13-22-8-6-21(7-9-22)12-16-3-2-10-24-16/h2-5,10-11H,6-9,12-13H2,1H3,(H,20,23)/p+2. The molecular weight excluding hydrogens is 326 g/mol. The van der Waals surface area contributed by atoms with Crippen molar-refractivity contribution in [2.24, 2.45) is 0 Å². The minimum atomic E-state index is 0.0462. The molecule has 1 aromatic carbocycles. The Morgan fingerprint density at radius 1 is 1.21 bits per heavy atom. The first kappa shape index (κ1) is 17.0. The van der Waals surface area contributed by atoms with E-state index in [1.165, 1.54) is 9.80 Å². The van der Waals surface area contributed by atoms with Crippen molar-refractivity contribution >= 4 is 23.2 Å². The number of hydrogen-bond acceptors (Lipinski definition) is 2. The monoisotopic (exact) mass is 349 g/mol. The molecule has 1 saturated heterocycles. The van der Waals surface area contributed by atoms with Crippen LogP contribution >= 0.6 is 11.6 Å². The number of anilines is 1. The zero-order valence-electron chi connectivity index (χ0n) is 13.9. The second-order valence-corrected chi connectivity index (χ2v) is 6.88. The summed E-state index contributed by atoms with van der Waals surface area (Å²) in [6.45, 7) is 7.50. The lowest BCUT2D eigenvalue weighted by atomic mass is 10.2. The lowest BCUT2D eigenvalue weighted by molar-refractivity contribution is -1.02. The molecule has 3 N–H and O–H groups in total. The highest BCUT2D eigenvalue weighted by atomic mass is 35.5. The van der Waals surface area contributed by atoms with E-state index in [1.807, 2.05) is 31.2 Å². The van der Waals surface area contributed by atoms with Gasteiger partial charge in [-0.1, -0.05) is 17.7 Å². The fraction of sp³-hybridized carbons (Fsp3) is 0.389. The van der Waals surface area contributed by atoms with E-state index in [1.54, 1.807) is 12.3 Å². The van der Waals surface area contributed by atoms with Gasteiger partial charge in [0.15, 0.2) is 12.3 Å². The topological polar surface area (TPSA) is 51.1 Å². The average Bonchev–Trinajstić information content (AvgIpc) is 3.06. The van der Waals surface area contributed by atoms with Gasteiger partial charge in [-0.2, -0.15) is 0 Å². The summed E-state index contributed by atoms with van der Waals surface area (Å²) >= 11 is 6.00. The summed E-state index contributed by atoms with van der Waals surface area (Å²) in [4.78, 5) is 15.1. The second-order valence-electron chi connectivity index (χ2n) is 6.44. The van der Waals surface area contributed by atoms with E-state index in [2.05, 4.69) is 5.32 Å². The van der Waals surface area contributed by atoms with Crippen LogP contribution in [0.3, 0.4) is 0 Å². The molecule has 5 nitrogen and oxygen atoms in total. The zero-order valence-corrected chi connectivity index (χ0v) is 14.7. The van der Waals surface area contributed by atoms with Crippen LogP contribution in [0.1, 0.15) is 11.3 Å². The van der Waals surface area contributed by atoms with Crippen molar-refractivity contribution in [2.75, 3.05) is 38.0 Å². The van der Waals surface area contributed by atoms with Crippen molar-refractivity contribution in [2.45, 2.75) is 13.5 Å². The van der Waals surface area contributed by atoms with E-state index < -0.39 is 0 Å². The molecule has 6 heteroatoms. The molecule has 128 valence electrons. The number of carbonyl (C=O) groups is 1. The predicted molar refractivity (Wildman–Crippen MR) is 93.5 cm³/mol. The summed E-state index contributed by atoms with van der Waals surface area (Å²) in [5.74, 6) is 1.08. The first-order chi connectivity index (χ1) is 11.6. The van der Waals surface area contributed by atoms with Crippen molar-refractivity contribution in [3.63, 3.8) is 0 Å². The molecule has 24 heavy (non-hydrogen) atoms. The second kappa shape index (κ2) is 7.83. The van der Waals surface area contributed by atoms with E-state index in [0.717, 1.165) is 49.7 Å². The van der Waals surface area contributed by atoms with Gasteiger partial charge in [-0.15, -0.1) is 0 Å².